The average molecular weight is 612 g/mol. The number of hydrogen-bond acceptors (Lipinski definition) is 8. The second-order valence-corrected chi connectivity index (χ2v) is 10.5. The third-order valence-electron chi connectivity index (χ3n) is 7.47. The minimum absolute atomic E-state index is 0.103. The minimum Gasteiger partial charge on any atom is -0.457 e. The lowest BCUT2D eigenvalue weighted by Crippen LogP contribution is -2.31. The lowest BCUT2D eigenvalue weighted by atomic mass is 9.92. The largest absolute Gasteiger partial charge is 0.457 e. The molecule has 0 bridgehead atoms. The van der Waals surface area contributed by atoms with Gasteiger partial charge in [-0.1, -0.05) is 48.4 Å². The van der Waals surface area contributed by atoms with Crippen LogP contribution in [0.2, 0.25) is 0 Å². The van der Waals surface area contributed by atoms with Gasteiger partial charge in [-0.15, -0.1) is 0 Å². The zero-order valence-corrected chi connectivity index (χ0v) is 25.1. The Morgan fingerprint density at radius 1 is 1.07 bits per heavy atom. The van der Waals surface area contributed by atoms with E-state index in [4.69, 9.17) is 19.7 Å². The van der Waals surface area contributed by atoms with Gasteiger partial charge in [0.25, 0.3) is 0 Å². The molecule has 2 amide bonds. The van der Waals surface area contributed by atoms with Crippen LogP contribution in [0.3, 0.4) is 0 Å². The number of carbonyl (C=O) groups excluding carboxylic acids is 3. The summed E-state index contributed by atoms with van der Waals surface area (Å²) in [4.78, 5) is 47.0. The number of carbonyl (C=O) groups is 3. The molecule has 13 nitrogen and oxygen atoms in total. The standard InChI is InChI=1S/C32H33N7O6/c1-4-27-25(15-16-35-37-33)30(43-21(3)41)31(44-27)38-19-34-29-26(38)17-22(36-20(2)40)18-28(29)45-32(42)39(23-11-7-5-8-12-23)24-13-9-6-10-14-24/h5-14,17-19,25,27,30-31H,4,15-16H2,1-3H3,(H,36,40)/t25-,27-,30-,31-/m1/s1. The second-order valence-electron chi connectivity index (χ2n) is 10.5. The first-order chi connectivity index (χ1) is 21.8. The molecule has 3 aromatic carbocycles. The zero-order chi connectivity index (χ0) is 31.9. The molecule has 1 saturated heterocycles. The van der Waals surface area contributed by atoms with E-state index in [1.807, 2.05) is 43.3 Å². The summed E-state index contributed by atoms with van der Waals surface area (Å²) in [5.74, 6) is -0.968. The highest BCUT2D eigenvalue weighted by Crippen LogP contribution is 2.42. The fourth-order valence-electron chi connectivity index (χ4n) is 5.65. The van der Waals surface area contributed by atoms with Gasteiger partial charge < -0.3 is 19.5 Å². The Balaban J connectivity index is 1.57. The van der Waals surface area contributed by atoms with Crippen LogP contribution in [0.25, 0.3) is 21.5 Å². The molecule has 0 spiro atoms. The first-order valence-electron chi connectivity index (χ1n) is 14.5. The molecule has 1 N–H and O–H groups in total. The Morgan fingerprint density at radius 2 is 1.73 bits per heavy atom. The van der Waals surface area contributed by atoms with E-state index in [0.717, 1.165) is 0 Å². The molecule has 5 rings (SSSR count). The molecule has 13 heteroatoms. The summed E-state index contributed by atoms with van der Waals surface area (Å²) in [5, 5.41) is 6.42. The Kier molecular flexibility index (Phi) is 9.61. The molecule has 1 aromatic heterocycles. The third-order valence-corrected chi connectivity index (χ3v) is 7.47. The minimum atomic E-state index is -0.791. The van der Waals surface area contributed by atoms with Crippen LogP contribution >= 0.6 is 0 Å². The van der Waals surface area contributed by atoms with Crippen LogP contribution in [0, 0.1) is 5.92 Å². The Hall–Kier alpha value is -5.39. The van der Waals surface area contributed by atoms with Gasteiger partial charge in [0.05, 0.1) is 29.3 Å². The van der Waals surface area contributed by atoms with Gasteiger partial charge in [-0.3, -0.25) is 14.2 Å². The lowest BCUT2D eigenvalue weighted by Gasteiger charge is -2.24. The van der Waals surface area contributed by atoms with E-state index in [1.54, 1.807) is 34.9 Å². The number of ether oxygens (including phenoxy) is 3. The quantitative estimate of drug-likeness (QED) is 0.0884. The number of amides is 2. The molecule has 0 unspecified atom stereocenters. The summed E-state index contributed by atoms with van der Waals surface area (Å²) in [5.41, 5.74) is 11.1. The summed E-state index contributed by atoms with van der Waals surface area (Å²) < 4.78 is 19.9. The van der Waals surface area contributed by atoms with Crippen molar-refractivity contribution in [3.63, 3.8) is 0 Å². The number of benzene rings is 3. The summed E-state index contributed by atoms with van der Waals surface area (Å²) >= 11 is 0. The van der Waals surface area contributed by atoms with Crippen molar-refractivity contribution >= 4 is 46.1 Å². The maximum Gasteiger partial charge on any atom is 0.424 e. The first-order valence-corrected chi connectivity index (χ1v) is 14.5. The second kappa shape index (κ2) is 13.9. The molecule has 0 saturated carbocycles. The number of imidazole rings is 1. The van der Waals surface area contributed by atoms with Gasteiger partial charge in [0.15, 0.2) is 18.1 Å². The average Bonchev–Trinajstić information content (AvgIpc) is 3.59. The molecule has 2 heterocycles. The molecule has 45 heavy (non-hydrogen) atoms. The first kappa shape index (κ1) is 31.0. The summed E-state index contributed by atoms with van der Waals surface area (Å²) in [7, 11) is 0. The lowest BCUT2D eigenvalue weighted by molar-refractivity contribution is -0.153. The van der Waals surface area contributed by atoms with Crippen LogP contribution in [-0.2, 0) is 19.1 Å². The Bertz CT molecular complexity index is 1680. The Labute approximate surface area is 259 Å². The number of hydrogen-bond donors (Lipinski definition) is 1. The summed E-state index contributed by atoms with van der Waals surface area (Å²) in [6.07, 6.45) is 0.0842. The van der Waals surface area contributed by atoms with Crippen molar-refractivity contribution in [2.75, 3.05) is 16.8 Å². The zero-order valence-electron chi connectivity index (χ0n) is 25.1. The van der Waals surface area contributed by atoms with Crippen molar-refractivity contribution in [1.29, 1.82) is 0 Å². The molecule has 1 aliphatic rings. The fraction of sp³-hybridized carbons (Fsp3) is 0.312. The number of para-hydroxylation sites is 2. The van der Waals surface area contributed by atoms with Gasteiger partial charge in [-0.25, -0.2) is 14.7 Å². The topological polar surface area (TPSA) is 161 Å². The summed E-state index contributed by atoms with van der Waals surface area (Å²) in [6.45, 7) is 4.87. The molecular formula is C32H33N7O6. The van der Waals surface area contributed by atoms with Crippen LogP contribution in [-0.4, -0.2) is 46.3 Å². The molecule has 4 aromatic rings. The normalized spacial score (nSPS) is 19.0. The van der Waals surface area contributed by atoms with Crippen molar-refractivity contribution in [1.82, 2.24) is 9.55 Å². The van der Waals surface area contributed by atoms with Crippen LogP contribution in [0.5, 0.6) is 5.75 Å². The molecule has 0 radical (unpaired) electrons. The van der Waals surface area contributed by atoms with E-state index >= 15 is 0 Å². The molecule has 4 atom stereocenters. The highest BCUT2D eigenvalue weighted by atomic mass is 16.6. The van der Waals surface area contributed by atoms with Gasteiger partial charge in [-0.2, -0.15) is 0 Å². The van der Waals surface area contributed by atoms with Crippen LogP contribution < -0.4 is 15.0 Å². The predicted octanol–water partition coefficient (Wildman–Crippen LogP) is 6.89. The van der Waals surface area contributed by atoms with Crippen molar-refractivity contribution in [2.24, 2.45) is 11.0 Å². The SMILES string of the molecule is CC[C@H]1O[C@@H](n2cnc3c(OC(=O)N(c4ccccc4)c4ccccc4)cc(NC(C)=O)cc32)[C@H](OC(C)=O)[C@@H]1CCN=[N+]=[N-]. The number of nitrogens with zero attached hydrogens (tertiary/aromatic N) is 6. The van der Waals surface area contributed by atoms with E-state index in [0.29, 0.717) is 40.9 Å². The van der Waals surface area contributed by atoms with Crippen LogP contribution in [0.15, 0.2) is 84.2 Å². The van der Waals surface area contributed by atoms with Gasteiger partial charge >= 0.3 is 12.1 Å². The van der Waals surface area contributed by atoms with Crippen molar-refractivity contribution < 1.29 is 28.6 Å². The van der Waals surface area contributed by atoms with E-state index in [1.165, 1.54) is 31.1 Å². The number of rotatable bonds is 10. The van der Waals surface area contributed by atoms with Gasteiger partial charge in [0.2, 0.25) is 5.91 Å². The molecule has 1 aliphatic heterocycles. The number of esters is 1. The summed E-state index contributed by atoms with van der Waals surface area (Å²) in [6, 6.07) is 21.4. The number of anilines is 3. The van der Waals surface area contributed by atoms with E-state index in [-0.39, 0.29) is 30.2 Å². The smallest absolute Gasteiger partial charge is 0.424 e. The fourth-order valence-corrected chi connectivity index (χ4v) is 5.65. The van der Waals surface area contributed by atoms with Gasteiger partial charge in [0, 0.05) is 43.0 Å². The number of aromatic nitrogens is 2. The maximum atomic E-state index is 13.8. The molecular weight excluding hydrogens is 578 g/mol. The highest BCUT2D eigenvalue weighted by Gasteiger charge is 2.47. The van der Waals surface area contributed by atoms with E-state index < -0.39 is 24.4 Å². The number of nitrogens with one attached hydrogen (secondary N) is 1. The van der Waals surface area contributed by atoms with Crippen LogP contribution in [0.1, 0.15) is 39.8 Å². The van der Waals surface area contributed by atoms with Gasteiger partial charge in [-0.05, 0) is 48.7 Å². The van der Waals surface area contributed by atoms with Crippen LogP contribution in [0.4, 0.5) is 21.9 Å². The molecule has 232 valence electrons. The third kappa shape index (κ3) is 6.90. The Morgan fingerprint density at radius 3 is 2.31 bits per heavy atom. The van der Waals surface area contributed by atoms with Crippen molar-refractivity contribution in [2.45, 2.75) is 52.0 Å². The van der Waals surface area contributed by atoms with Crippen molar-refractivity contribution in [3.05, 3.63) is 89.6 Å². The van der Waals surface area contributed by atoms with E-state index in [2.05, 4.69) is 20.3 Å². The highest BCUT2D eigenvalue weighted by molar-refractivity contribution is 6.00. The van der Waals surface area contributed by atoms with Crippen molar-refractivity contribution in [3.8, 4) is 5.75 Å². The van der Waals surface area contributed by atoms with Gasteiger partial charge in [0.1, 0.15) is 5.52 Å². The molecule has 1 fully saturated rings. The predicted molar refractivity (Wildman–Crippen MR) is 167 cm³/mol. The van der Waals surface area contributed by atoms with E-state index in [9.17, 15) is 14.4 Å². The maximum absolute atomic E-state index is 13.8. The monoisotopic (exact) mass is 611 g/mol. The number of azide groups is 1. The molecule has 0 aliphatic carbocycles. The number of fused-ring (bicyclic) bond motifs is 1.